The Kier molecular flexibility index (Phi) is 12.4. The quantitative estimate of drug-likeness (QED) is 0.0512. The number of benzene rings is 4. The number of hydrogen-bond acceptors (Lipinski definition) is 4. The van der Waals surface area contributed by atoms with Gasteiger partial charge in [0, 0.05) is 0 Å². The molecule has 0 aromatic heterocycles. The maximum atomic E-state index is 13.5. The Labute approximate surface area is 261 Å². The van der Waals surface area contributed by atoms with Gasteiger partial charge in [0.1, 0.15) is 0 Å². The standard InChI is InChI=1S/2C15H12O2.2C4H9.Sn/c2*16-14(12-7-3-1-4-8-12)11-15(17)13-9-5-2-6-10-13;2*1-3-4-2;/h2*1-11,16H;2*1,3-4H2,2H3;/q;;;;+2/p-2/b2*14-11-;;;. The number of rotatable bonds is 16. The Hall–Kier alpha value is -3.90. The molecule has 0 atom stereocenters. The molecule has 0 aliphatic carbocycles. The van der Waals surface area contributed by atoms with Gasteiger partial charge < -0.3 is 0 Å². The van der Waals surface area contributed by atoms with Crippen LogP contribution in [0.4, 0.5) is 0 Å². The Bertz CT molecular complexity index is 1380. The average molecular weight is 679 g/mol. The minimum atomic E-state index is -4.12. The van der Waals surface area contributed by atoms with E-state index < -0.39 is 19.2 Å². The van der Waals surface area contributed by atoms with Gasteiger partial charge in [-0.3, -0.25) is 0 Å². The number of hydrogen-bond donors (Lipinski definition) is 0. The molecule has 4 rings (SSSR count). The third kappa shape index (κ3) is 9.55. The molecule has 0 aliphatic rings. The summed E-state index contributed by atoms with van der Waals surface area (Å²) in [5.41, 5.74) is 2.86. The summed E-state index contributed by atoms with van der Waals surface area (Å²) in [6.45, 7) is 4.33. The van der Waals surface area contributed by atoms with Gasteiger partial charge in [-0.15, -0.1) is 0 Å². The molecule has 0 amide bonds. The first kappa shape index (κ1) is 32.0. The van der Waals surface area contributed by atoms with E-state index in [1.54, 1.807) is 12.2 Å². The van der Waals surface area contributed by atoms with E-state index in [4.69, 9.17) is 6.15 Å². The maximum absolute atomic E-state index is 13.5. The molecule has 0 aliphatic heterocycles. The first-order valence-corrected chi connectivity index (χ1v) is 21.5. The van der Waals surface area contributed by atoms with Crippen LogP contribution >= 0.6 is 0 Å². The van der Waals surface area contributed by atoms with Gasteiger partial charge in [0.05, 0.1) is 0 Å². The molecule has 0 unspecified atom stereocenters. The number of carbonyl (C=O) groups excluding carboxylic acids is 2. The Balaban J connectivity index is 1.82. The van der Waals surface area contributed by atoms with E-state index in [9.17, 15) is 9.59 Å². The van der Waals surface area contributed by atoms with E-state index >= 15 is 0 Å². The second kappa shape index (κ2) is 16.7. The van der Waals surface area contributed by atoms with Crippen LogP contribution in [0.5, 0.6) is 0 Å². The summed E-state index contributed by atoms with van der Waals surface area (Å²) >= 11 is -4.12. The fourth-order valence-corrected chi connectivity index (χ4v) is 15.2. The predicted octanol–water partition coefficient (Wildman–Crippen LogP) is 9.91. The van der Waals surface area contributed by atoms with Gasteiger partial charge in [0.15, 0.2) is 0 Å². The van der Waals surface area contributed by atoms with Crippen molar-refractivity contribution in [2.75, 3.05) is 0 Å². The molecule has 4 aromatic carbocycles. The Morgan fingerprint density at radius 3 is 1.12 bits per heavy atom. The van der Waals surface area contributed by atoms with Crippen molar-refractivity contribution in [2.24, 2.45) is 0 Å². The fraction of sp³-hybridized carbons (Fsp3) is 0.211. The van der Waals surface area contributed by atoms with Crippen LogP contribution in [0, 0.1) is 0 Å². The molecule has 0 spiro atoms. The van der Waals surface area contributed by atoms with Crippen LogP contribution in [0.2, 0.25) is 8.87 Å². The van der Waals surface area contributed by atoms with E-state index in [2.05, 4.69) is 13.8 Å². The fourth-order valence-electron chi connectivity index (χ4n) is 4.80. The summed E-state index contributed by atoms with van der Waals surface area (Å²) in [6.07, 6.45) is 7.06. The molecule has 0 saturated heterocycles. The molecule has 5 heteroatoms. The summed E-state index contributed by atoms with van der Waals surface area (Å²) in [4.78, 5) is 26.9. The summed E-state index contributed by atoms with van der Waals surface area (Å²) in [5, 5.41) is 0. The molecular weight excluding hydrogens is 639 g/mol. The van der Waals surface area contributed by atoms with Gasteiger partial charge in [-0.1, -0.05) is 0 Å². The molecule has 220 valence electrons. The Morgan fingerprint density at radius 1 is 0.512 bits per heavy atom. The third-order valence-electron chi connectivity index (χ3n) is 7.17. The molecule has 0 radical (unpaired) electrons. The second-order valence-electron chi connectivity index (χ2n) is 10.5. The van der Waals surface area contributed by atoms with Crippen LogP contribution in [0.3, 0.4) is 0 Å². The molecule has 4 aromatic rings. The predicted molar refractivity (Wildman–Crippen MR) is 178 cm³/mol. The average Bonchev–Trinajstić information content (AvgIpc) is 3.07. The first-order chi connectivity index (χ1) is 21.0. The molecule has 4 nitrogen and oxygen atoms in total. The molecule has 0 heterocycles. The monoisotopic (exact) mass is 680 g/mol. The van der Waals surface area contributed by atoms with Gasteiger partial charge in [-0.25, -0.2) is 0 Å². The minimum absolute atomic E-state index is 0.122. The van der Waals surface area contributed by atoms with E-state index in [1.807, 2.05) is 121 Å². The van der Waals surface area contributed by atoms with Gasteiger partial charge >= 0.3 is 262 Å². The number of ketones is 2. The second-order valence-corrected chi connectivity index (χ2v) is 19.7. The first-order valence-electron chi connectivity index (χ1n) is 15.1. The van der Waals surface area contributed by atoms with Crippen LogP contribution < -0.4 is 0 Å². The zero-order valence-corrected chi connectivity index (χ0v) is 27.9. The summed E-state index contributed by atoms with van der Waals surface area (Å²) in [6, 6.07) is 38.0. The van der Waals surface area contributed by atoms with Crippen molar-refractivity contribution in [2.45, 2.75) is 48.4 Å². The van der Waals surface area contributed by atoms with E-state index in [0.717, 1.165) is 45.7 Å². The molecule has 0 saturated carbocycles. The summed E-state index contributed by atoms with van der Waals surface area (Å²) < 4.78 is 15.9. The van der Waals surface area contributed by atoms with E-state index in [-0.39, 0.29) is 11.6 Å². The van der Waals surface area contributed by atoms with Crippen molar-refractivity contribution >= 4 is 42.3 Å². The zero-order valence-electron chi connectivity index (χ0n) is 25.1. The topological polar surface area (TPSA) is 52.6 Å². The molecule has 0 N–H and O–H groups in total. The third-order valence-corrected chi connectivity index (χ3v) is 16.9. The SMILES string of the molecule is CCC[CH2][Sn]([CH2]CCC)([O]/C(=C\C(=O)c1ccccc1)c1ccccc1)[O]/C(=C\C(=O)c1ccccc1)c1ccccc1. The zero-order chi connectivity index (χ0) is 30.3. The Morgan fingerprint density at radius 2 is 0.814 bits per heavy atom. The number of carbonyl (C=O) groups is 2. The van der Waals surface area contributed by atoms with Crippen LogP contribution in [-0.4, -0.2) is 30.8 Å². The van der Waals surface area contributed by atoms with Crippen LogP contribution in [-0.2, 0) is 6.15 Å². The van der Waals surface area contributed by atoms with Crippen LogP contribution in [0.25, 0.3) is 11.5 Å². The molecule has 0 bridgehead atoms. The van der Waals surface area contributed by atoms with Crippen molar-refractivity contribution in [3.8, 4) is 0 Å². The summed E-state index contributed by atoms with van der Waals surface area (Å²) in [5.74, 6) is 0.811. The summed E-state index contributed by atoms with van der Waals surface area (Å²) in [7, 11) is 0. The van der Waals surface area contributed by atoms with Crippen molar-refractivity contribution in [1.29, 1.82) is 0 Å². The van der Waals surface area contributed by atoms with Crippen molar-refractivity contribution in [1.82, 2.24) is 0 Å². The number of unbranched alkanes of at least 4 members (excludes halogenated alkanes) is 2. The normalized spacial score (nSPS) is 12.0. The van der Waals surface area contributed by atoms with Crippen LogP contribution in [0.1, 0.15) is 71.4 Å². The van der Waals surface area contributed by atoms with E-state index in [0.29, 0.717) is 22.6 Å². The van der Waals surface area contributed by atoms with Gasteiger partial charge in [0.25, 0.3) is 0 Å². The van der Waals surface area contributed by atoms with Crippen LogP contribution in [0.15, 0.2) is 133 Å². The van der Waals surface area contributed by atoms with Crippen molar-refractivity contribution < 1.29 is 15.7 Å². The van der Waals surface area contributed by atoms with E-state index in [1.165, 1.54) is 0 Å². The van der Waals surface area contributed by atoms with Gasteiger partial charge in [-0.05, 0) is 0 Å². The van der Waals surface area contributed by atoms with Gasteiger partial charge in [0.2, 0.25) is 0 Å². The number of allylic oxidation sites excluding steroid dienone is 2. The molecule has 0 fully saturated rings. The molecular formula is C38H40O4Sn. The van der Waals surface area contributed by atoms with Crippen molar-refractivity contribution in [3.05, 3.63) is 156 Å². The molecule has 43 heavy (non-hydrogen) atoms. The van der Waals surface area contributed by atoms with Gasteiger partial charge in [-0.2, -0.15) is 0 Å². The van der Waals surface area contributed by atoms with Crippen molar-refractivity contribution in [3.63, 3.8) is 0 Å².